The number of hydrogen-bond donors (Lipinski definition) is 2. The first-order valence-corrected chi connectivity index (χ1v) is 7.93. The highest BCUT2D eigenvalue weighted by atomic mass is 32.2. The number of thioether (sulfide) groups is 1. The summed E-state index contributed by atoms with van der Waals surface area (Å²) in [6, 6.07) is 0.545. The van der Waals surface area contributed by atoms with E-state index in [0.717, 1.165) is 18.2 Å². The molecule has 0 aliphatic heterocycles. The molecule has 1 saturated carbocycles. The van der Waals surface area contributed by atoms with Gasteiger partial charge in [-0.05, 0) is 37.9 Å². The molecule has 0 heterocycles. The van der Waals surface area contributed by atoms with Crippen LogP contribution in [0.2, 0.25) is 0 Å². The fourth-order valence-electron chi connectivity index (χ4n) is 2.14. The number of carbonyl (C=O) groups is 1. The average molecular weight is 258 g/mol. The molecule has 1 aliphatic rings. The Morgan fingerprint density at radius 3 is 2.76 bits per heavy atom. The molecule has 1 fully saturated rings. The molecule has 0 saturated heterocycles. The second-order valence-electron chi connectivity index (χ2n) is 5.28. The second kappa shape index (κ2) is 7.98. The van der Waals surface area contributed by atoms with Gasteiger partial charge in [0, 0.05) is 17.8 Å². The van der Waals surface area contributed by atoms with Crippen LogP contribution in [0.5, 0.6) is 0 Å². The molecule has 0 aromatic carbocycles. The van der Waals surface area contributed by atoms with Crippen LogP contribution in [0.15, 0.2) is 0 Å². The molecular formula is C13H26N2OS. The predicted octanol–water partition coefficient (Wildman–Crippen LogP) is 2.02. The Labute approximate surface area is 109 Å². The van der Waals surface area contributed by atoms with Gasteiger partial charge in [0.15, 0.2) is 0 Å². The predicted molar refractivity (Wildman–Crippen MR) is 75.4 cm³/mol. The lowest BCUT2D eigenvalue weighted by Gasteiger charge is -2.13. The van der Waals surface area contributed by atoms with Crippen LogP contribution >= 0.6 is 11.8 Å². The summed E-state index contributed by atoms with van der Waals surface area (Å²) in [5.41, 5.74) is 0. The molecule has 1 rings (SSSR count). The van der Waals surface area contributed by atoms with Crippen molar-refractivity contribution in [3.8, 4) is 0 Å². The Morgan fingerprint density at radius 2 is 2.18 bits per heavy atom. The molecule has 4 heteroatoms. The minimum Gasteiger partial charge on any atom is -0.355 e. The maximum Gasteiger partial charge on any atom is 0.233 e. The first-order valence-electron chi connectivity index (χ1n) is 6.64. The zero-order valence-corrected chi connectivity index (χ0v) is 12.1. The Balaban J connectivity index is 2.04. The largest absolute Gasteiger partial charge is 0.355 e. The van der Waals surface area contributed by atoms with Crippen LogP contribution in [0.4, 0.5) is 0 Å². The number of hydrogen-bond acceptors (Lipinski definition) is 3. The van der Waals surface area contributed by atoms with Crippen molar-refractivity contribution in [1.29, 1.82) is 0 Å². The molecule has 0 bridgehead atoms. The van der Waals surface area contributed by atoms with Crippen molar-refractivity contribution in [2.75, 3.05) is 19.3 Å². The van der Waals surface area contributed by atoms with Crippen LogP contribution in [0.25, 0.3) is 0 Å². The number of amides is 1. The van der Waals surface area contributed by atoms with E-state index in [1.165, 1.54) is 19.3 Å². The van der Waals surface area contributed by atoms with Gasteiger partial charge < -0.3 is 10.6 Å². The first-order chi connectivity index (χ1) is 8.11. The van der Waals surface area contributed by atoms with Gasteiger partial charge in [0.25, 0.3) is 0 Å². The van der Waals surface area contributed by atoms with Gasteiger partial charge in [0.2, 0.25) is 5.91 Å². The highest BCUT2D eigenvalue weighted by Crippen LogP contribution is 2.27. The summed E-state index contributed by atoms with van der Waals surface area (Å²) >= 11 is 1.95. The van der Waals surface area contributed by atoms with Crippen molar-refractivity contribution in [1.82, 2.24) is 10.6 Å². The third-order valence-electron chi connectivity index (χ3n) is 3.31. The molecular weight excluding hydrogens is 232 g/mol. The molecule has 17 heavy (non-hydrogen) atoms. The van der Waals surface area contributed by atoms with E-state index in [-0.39, 0.29) is 5.91 Å². The molecule has 2 atom stereocenters. The first kappa shape index (κ1) is 14.8. The van der Waals surface area contributed by atoms with Crippen molar-refractivity contribution in [2.45, 2.75) is 50.8 Å². The van der Waals surface area contributed by atoms with Crippen LogP contribution in [0, 0.1) is 5.92 Å². The summed E-state index contributed by atoms with van der Waals surface area (Å²) in [6.07, 6.45) is 6.94. The number of rotatable bonds is 7. The minimum atomic E-state index is 0.137. The average Bonchev–Trinajstić information content (AvgIpc) is 2.73. The SMILES string of the molecule is CSC1CCC(NCC(=O)NCCC(C)C)C1. The molecule has 3 nitrogen and oxygen atoms in total. The standard InChI is InChI=1S/C13H26N2OS/c1-10(2)6-7-14-13(16)9-15-11-4-5-12(8-11)17-3/h10-12,15H,4-9H2,1-3H3,(H,14,16). The third kappa shape index (κ3) is 6.32. The third-order valence-corrected chi connectivity index (χ3v) is 4.41. The van der Waals surface area contributed by atoms with Gasteiger partial charge in [-0.25, -0.2) is 0 Å². The zero-order valence-electron chi connectivity index (χ0n) is 11.3. The summed E-state index contributed by atoms with van der Waals surface area (Å²) in [5, 5.41) is 7.10. The summed E-state index contributed by atoms with van der Waals surface area (Å²) < 4.78 is 0. The van der Waals surface area contributed by atoms with Gasteiger partial charge in [-0.15, -0.1) is 0 Å². The molecule has 0 aromatic heterocycles. The minimum absolute atomic E-state index is 0.137. The zero-order chi connectivity index (χ0) is 12.7. The molecule has 2 N–H and O–H groups in total. The van der Waals surface area contributed by atoms with Crippen LogP contribution < -0.4 is 10.6 Å². The van der Waals surface area contributed by atoms with Crippen LogP contribution in [0.1, 0.15) is 39.5 Å². The van der Waals surface area contributed by atoms with Gasteiger partial charge in [-0.1, -0.05) is 13.8 Å². The van der Waals surface area contributed by atoms with Gasteiger partial charge in [0.05, 0.1) is 6.54 Å². The smallest absolute Gasteiger partial charge is 0.233 e. The Bertz CT molecular complexity index is 233. The molecule has 2 unspecified atom stereocenters. The summed E-state index contributed by atoms with van der Waals surface area (Å²) in [4.78, 5) is 11.6. The Kier molecular flexibility index (Phi) is 6.97. The molecule has 0 radical (unpaired) electrons. The topological polar surface area (TPSA) is 41.1 Å². The van der Waals surface area contributed by atoms with Gasteiger partial charge in [0.1, 0.15) is 0 Å². The van der Waals surface area contributed by atoms with Crippen molar-refractivity contribution in [2.24, 2.45) is 5.92 Å². The van der Waals surface area contributed by atoms with E-state index in [2.05, 4.69) is 30.7 Å². The Hall–Kier alpha value is -0.220. The van der Waals surface area contributed by atoms with E-state index in [1.807, 2.05) is 11.8 Å². The maximum absolute atomic E-state index is 11.6. The van der Waals surface area contributed by atoms with E-state index in [4.69, 9.17) is 0 Å². The van der Waals surface area contributed by atoms with Crippen molar-refractivity contribution < 1.29 is 4.79 Å². The molecule has 1 amide bonds. The monoisotopic (exact) mass is 258 g/mol. The van der Waals surface area contributed by atoms with Crippen molar-refractivity contribution in [3.05, 3.63) is 0 Å². The highest BCUT2D eigenvalue weighted by Gasteiger charge is 2.23. The van der Waals surface area contributed by atoms with Crippen molar-refractivity contribution in [3.63, 3.8) is 0 Å². The lowest BCUT2D eigenvalue weighted by molar-refractivity contribution is -0.120. The molecule has 100 valence electrons. The lowest BCUT2D eigenvalue weighted by Crippen LogP contribution is -2.38. The molecule has 0 spiro atoms. The lowest BCUT2D eigenvalue weighted by atomic mass is 10.1. The van der Waals surface area contributed by atoms with E-state index < -0.39 is 0 Å². The van der Waals surface area contributed by atoms with Gasteiger partial charge in [-0.3, -0.25) is 4.79 Å². The van der Waals surface area contributed by atoms with Gasteiger partial charge >= 0.3 is 0 Å². The molecule has 1 aliphatic carbocycles. The van der Waals surface area contributed by atoms with Crippen LogP contribution in [-0.2, 0) is 4.79 Å². The molecule has 0 aromatic rings. The van der Waals surface area contributed by atoms with E-state index in [1.54, 1.807) is 0 Å². The summed E-state index contributed by atoms with van der Waals surface area (Å²) in [7, 11) is 0. The summed E-state index contributed by atoms with van der Waals surface area (Å²) in [6.45, 7) is 5.62. The van der Waals surface area contributed by atoms with E-state index >= 15 is 0 Å². The highest BCUT2D eigenvalue weighted by molar-refractivity contribution is 7.99. The number of nitrogens with one attached hydrogen (secondary N) is 2. The van der Waals surface area contributed by atoms with Gasteiger partial charge in [-0.2, -0.15) is 11.8 Å². The quantitative estimate of drug-likeness (QED) is 0.734. The normalized spacial score (nSPS) is 24.2. The number of carbonyl (C=O) groups excluding carboxylic acids is 1. The van der Waals surface area contributed by atoms with Crippen molar-refractivity contribution >= 4 is 17.7 Å². The van der Waals surface area contributed by atoms with Crippen LogP contribution in [-0.4, -0.2) is 36.5 Å². The summed E-state index contributed by atoms with van der Waals surface area (Å²) in [5.74, 6) is 0.790. The maximum atomic E-state index is 11.6. The second-order valence-corrected chi connectivity index (χ2v) is 6.42. The van der Waals surface area contributed by atoms with Crippen LogP contribution in [0.3, 0.4) is 0 Å². The fraction of sp³-hybridized carbons (Fsp3) is 0.923. The Morgan fingerprint density at radius 1 is 1.41 bits per heavy atom. The fourth-order valence-corrected chi connectivity index (χ4v) is 2.94. The van der Waals surface area contributed by atoms with E-state index in [9.17, 15) is 4.79 Å². The van der Waals surface area contributed by atoms with E-state index in [0.29, 0.717) is 18.5 Å².